The molecule has 3 rings (SSSR count). The molecule has 2 N–H and O–H groups in total. The fourth-order valence-corrected chi connectivity index (χ4v) is 2.38. The SMILES string of the molecule is Cc1[nH]c2ncnc(NC(=O)c3nnn(C)c3C(F)(F)F)c2c1C. The van der Waals surface area contributed by atoms with Crippen molar-refractivity contribution in [2.45, 2.75) is 20.0 Å². The Labute approximate surface area is 133 Å². The minimum atomic E-state index is -4.76. The number of nitrogens with one attached hydrogen (secondary N) is 2. The highest BCUT2D eigenvalue weighted by atomic mass is 19.4. The van der Waals surface area contributed by atoms with Gasteiger partial charge in [-0.15, -0.1) is 5.10 Å². The number of aromatic nitrogens is 6. The van der Waals surface area contributed by atoms with Gasteiger partial charge < -0.3 is 10.3 Å². The smallest absolute Gasteiger partial charge is 0.343 e. The van der Waals surface area contributed by atoms with E-state index in [4.69, 9.17) is 0 Å². The van der Waals surface area contributed by atoms with Gasteiger partial charge in [-0.3, -0.25) is 4.79 Å². The van der Waals surface area contributed by atoms with Crippen LogP contribution in [0, 0.1) is 13.8 Å². The number of nitrogens with zero attached hydrogens (tertiary/aromatic N) is 5. The molecule has 11 heteroatoms. The summed E-state index contributed by atoms with van der Waals surface area (Å²) >= 11 is 0. The molecule has 8 nitrogen and oxygen atoms in total. The molecule has 0 aliphatic carbocycles. The third kappa shape index (κ3) is 2.47. The average Bonchev–Trinajstić information content (AvgIpc) is 3.00. The van der Waals surface area contributed by atoms with E-state index in [0.717, 1.165) is 18.3 Å². The summed E-state index contributed by atoms with van der Waals surface area (Å²) in [4.78, 5) is 23.2. The van der Waals surface area contributed by atoms with Crippen LogP contribution >= 0.6 is 0 Å². The van der Waals surface area contributed by atoms with Crippen LogP contribution in [-0.4, -0.2) is 35.9 Å². The Morgan fingerprint density at radius 3 is 2.67 bits per heavy atom. The average molecular weight is 339 g/mol. The zero-order chi connectivity index (χ0) is 17.6. The second kappa shape index (κ2) is 5.28. The molecule has 0 saturated carbocycles. The van der Waals surface area contributed by atoms with Gasteiger partial charge in [0.25, 0.3) is 5.91 Å². The van der Waals surface area contributed by atoms with Crippen LogP contribution in [0.5, 0.6) is 0 Å². The Balaban J connectivity index is 2.03. The first kappa shape index (κ1) is 15.9. The fourth-order valence-electron chi connectivity index (χ4n) is 2.38. The van der Waals surface area contributed by atoms with Gasteiger partial charge in [0.05, 0.1) is 5.39 Å². The molecule has 0 atom stereocenters. The summed E-state index contributed by atoms with van der Waals surface area (Å²) in [6.45, 7) is 3.60. The molecule has 3 aromatic heterocycles. The Hall–Kier alpha value is -2.98. The number of H-pyrrole nitrogens is 1. The number of fused-ring (bicyclic) bond motifs is 1. The van der Waals surface area contributed by atoms with Gasteiger partial charge >= 0.3 is 6.18 Å². The van der Waals surface area contributed by atoms with Crippen molar-refractivity contribution in [2.75, 3.05) is 5.32 Å². The van der Waals surface area contributed by atoms with Crippen LogP contribution in [0.2, 0.25) is 0 Å². The Kier molecular flexibility index (Phi) is 3.50. The van der Waals surface area contributed by atoms with Crippen molar-refractivity contribution in [3.8, 4) is 0 Å². The van der Waals surface area contributed by atoms with Crippen LogP contribution in [0.15, 0.2) is 6.33 Å². The minimum Gasteiger partial charge on any atom is -0.343 e. The highest BCUT2D eigenvalue weighted by molar-refractivity contribution is 6.07. The Morgan fingerprint density at radius 2 is 2.00 bits per heavy atom. The van der Waals surface area contributed by atoms with Crippen LogP contribution < -0.4 is 5.32 Å². The summed E-state index contributed by atoms with van der Waals surface area (Å²) in [6.07, 6.45) is -3.55. The first-order valence-corrected chi connectivity index (χ1v) is 6.78. The lowest BCUT2D eigenvalue weighted by Gasteiger charge is -2.09. The molecule has 0 aliphatic rings. The van der Waals surface area contributed by atoms with Crippen LogP contribution in [0.1, 0.15) is 27.4 Å². The van der Waals surface area contributed by atoms with Gasteiger partial charge in [-0.1, -0.05) is 5.21 Å². The van der Waals surface area contributed by atoms with Crippen molar-refractivity contribution in [2.24, 2.45) is 7.05 Å². The number of alkyl halides is 3. The number of halogens is 3. The number of carbonyl (C=O) groups excluding carboxylic acids is 1. The standard InChI is InChI=1S/C13H12F3N7O/c1-5-6(2)19-10-7(5)11(18-4-17-10)20-12(24)8-9(13(14,15)16)23(3)22-21-8/h4H,1-3H3,(H2,17,18,19,20,24). The second-order valence-electron chi connectivity index (χ2n) is 5.18. The highest BCUT2D eigenvalue weighted by Gasteiger charge is 2.40. The van der Waals surface area contributed by atoms with Gasteiger partial charge in [-0.2, -0.15) is 13.2 Å². The summed E-state index contributed by atoms with van der Waals surface area (Å²) in [7, 11) is 1.06. The molecule has 0 spiro atoms. The molecule has 24 heavy (non-hydrogen) atoms. The predicted octanol–water partition coefficient (Wildman–Crippen LogP) is 1.97. The molecule has 3 aromatic rings. The van der Waals surface area contributed by atoms with E-state index in [9.17, 15) is 18.0 Å². The molecule has 0 saturated heterocycles. The largest absolute Gasteiger partial charge is 0.435 e. The van der Waals surface area contributed by atoms with Gasteiger partial charge in [-0.05, 0) is 19.4 Å². The molecular weight excluding hydrogens is 327 g/mol. The van der Waals surface area contributed by atoms with E-state index < -0.39 is 23.5 Å². The van der Waals surface area contributed by atoms with Crippen LogP contribution in [0.3, 0.4) is 0 Å². The predicted molar refractivity (Wildman–Crippen MR) is 77.3 cm³/mol. The maximum atomic E-state index is 13.1. The van der Waals surface area contributed by atoms with Gasteiger partial charge in [0.2, 0.25) is 0 Å². The third-order valence-corrected chi connectivity index (χ3v) is 3.63. The quantitative estimate of drug-likeness (QED) is 0.743. The van der Waals surface area contributed by atoms with E-state index in [1.54, 1.807) is 6.92 Å². The van der Waals surface area contributed by atoms with Gasteiger partial charge in [0, 0.05) is 12.7 Å². The lowest BCUT2D eigenvalue weighted by Crippen LogP contribution is -2.21. The molecule has 0 fully saturated rings. The van der Waals surface area contributed by atoms with E-state index in [0.29, 0.717) is 15.7 Å². The van der Waals surface area contributed by atoms with Gasteiger partial charge in [0.1, 0.15) is 17.8 Å². The maximum Gasteiger partial charge on any atom is 0.435 e. The number of aryl methyl sites for hydroxylation is 3. The van der Waals surface area contributed by atoms with Crippen molar-refractivity contribution in [3.63, 3.8) is 0 Å². The van der Waals surface area contributed by atoms with Gasteiger partial charge in [0.15, 0.2) is 11.4 Å². The van der Waals surface area contributed by atoms with Crippen molar-refractivity contribution < 1.29 is 18.0 Å². The van der Waals surface area contributed by atoms with E-state index >= 15 is 0 Å². The zero-order valence-corrected chi connectivity index (χ0v) is 12.9. The Morgan fingerprint density at radius 1 is 1.29 bits per heavy atom. The fraction of sp³-hybridized carbons (Fsp3) is 0.308. The Bertz CT molecular complexity index is 941. The number of amides is 1. The van der Waals surface area contributed by atoms with Crippen molar-refractivity contribution in [1.82, 2.24) is 29.9 Å². The zero-order valence-electron chi connectivity index (χ0n) is 12.9. The molecular formula is C13H12F3N7O. The molecule has 3 heterocycles. The number of carbonyl (C=O) groups is 1. The number of rotatable bonds is 2. The lowest BCUT2D eigenvalue weighted by atomic mass is 10.2. The minimum absolute atomic E-state index is 0.102. The van der Waals surface area contributed by atoms with Crippen molar-refractivity contribution in [1.29, 1.82) is 0 Å². The maximum absolute atomic E-state index is 13.1. The molecule has 0 aliphatic heterocycles. The summed E-state index contributed by atoms with van der Waals surface area (Å²) in [6, 6.07) is 0. The second-order valence-corrected chi connectivity index (χ2v) is 5.18. The molecule has 0 aromatic carbocycles. The van der Waals surface area contributed by atoms with Gasteiger partial charge in [-0.25, -0.2) is 14.6 Å². The number of hydrogen-bond donors (Lipinski definition) is 2. The third-order valence-electron chi connectivity index (χ3n) is 3.63. The molecule has 1 amide bonds. The number of anilines is 1. The summed E-state index contributed by atoms with van der Waals surface area (Å²) in [5.41, 5.74) is 0.0343. The normalized spacial score (nSPS) is 11.9. The van der Waals surface area contributed by atoms with Crippen molar-refractivity contribution in [3.05, 3.63) is 29.0 Å². The highest BCUT2D eigenvalue weighted by Crippen LogP contribution is 2.31. The lowest BCUT2D eigenvalue weighted by molar-refractivity contribution is -0.144. The molecule has 0 radical (unpaired) electrons. The van der Waals surface area contributed by atoms with Crippen LogP contribution in [0.4, 0.5) is 19.0 Å². The van der Waals surface area contributed by atoms with Crippen molar-refractivity contribution >= 4 is 22.8 Å². The summed E-state index contributed by atoms with van der Waals surface area (Å²) in [5.74, 6) is -0.945. The summed E-state index contributed by atoms with van der Waals surface area (Å²) < 4.78 is 39.7. The first-order valence-electron chi connectivity index (χ1n) is 6.78. The van der Waals surface area contributed by atoms with E-state index in [1.807, 2.05) is 6.92 Å². The topological polar surface area (TPSA) is 101 Å². The van der Waals surface area contributed by atoms with Crippen LogP contribution in [0.25, 0.3) is 11.0 Å². The molecule has 0 unspecified atom stereocenters. The molecule has 0 bridgehead atoms. The summed E-state index contributed by atoms with van der Waals surface area (Å²) in [5, 5.41) is 9.48. The first-order chi connectivity index (χ1) is 11.2. The number of aromatic amines is 1. The van der Waals surface area contributed by atoms with E-state index in [1.165, 1.54) is 6.33 Å². The molecule has 126 valence electrons. The van der Waals surface area contributed by atoms with E-state index in [2.05, 4.69) is 30.6 Å². The van der Waals surface area contributed by atoms with Crippen LogP contribution in [-0.2, 0) is 13.2 Å². The number of hydrogen-bond acceptors (Lipinski definition) is 5. The monoisotopic (exact) mass is 339 g/mol. The van der Waals surface area contributed by atoms with E-state index in [-0.39, 0.29) is 5.82 Å².